The molecule has 1 atom stereocenters. The molecule has 0 saturated heterocycles. The van der Waals surface area contributed by atoms with Crippen molar-refractivity contribution < 1.29 is 23.2 Å². The molecule has 0 aliphatic carbocycles. The van der Waals surface area contributed by atoms with Crippen molar-refractivity contribution in [3.05, 3.63) is 18.2 Å². The summed E-state index contributed by atoms with van der Waals surface area (Å²) in [7, 11) is -1.10. The fourth-order valence-corrected chi connectivity index (χ4v) is 3.17. The summed E-state index contributed by atoms with van der Waals surface area (Å²) >= 11 is 0. The van der Waals surface area contributed by atoms with Crippen LogP contribution in [-0.4, -0.2) is 42.7 Å². The molecule has 0 amide bonds. The molecule has 1 unspecified atom stereocenters. The highest BCUT2D eigenvalue weighted by Gasteiger charge is 2.16. The summed E-state index contributed by atoms with van der Waals surface area (Å²) in [4.78, 5) is 0.742. The Morgan fingerprint density at radius 1 is 1.14 bits per heavy atom. The van der Waals surface area contributed by atoms with Crippen LogP contribution >= 0.6 is 0 Å². The summed E-state index contributed by atoms with van der Waals surface area (Å²) in [6.07, 6.45) is 0.309. The lowest BCUT2D eigenvalue weighted by atomic mass is 10.3. The SMILES string of the molecule is CCOC(CCS(=O)c1ccc2c(c1)OCCO2)OCC. The third-order valence-electron chi connectivity index (χ3n) is 3.02. The minimum absolute atomic E-state index is 0.291. The van der Waals surface area contributed by atoms with Crippen LogP contribution in [0.2, 0.25) is 0 Å². The molecule has 1 aromatic carbocycles. The largest absolute Gasteiger partial charge is 0.486 e. The third-order valence-corrected chi connectivity index (χ3v) is 4.41. The first-order chi connectivity index (χ1) is 10.2. The first kappa shape index (κ1) is 16.3. The van der Waals surface area contributed by atoms with E-state index in [0.29, 0.717) is 50.1 Å². The molecule has 1 aliphatic heterocycles. The van der Waals surface area contributed by atoms with Gasteiger partial charge in [0.1, 0.15) is 13.2 Å². The summed E-state index contributed by atoms with van der Waals surface area (Å²) in [6.45, 7) is 6.09. The molecule has 0 N–H and O–H groups in total. The molecule has 0 radical (unpaired) electrons. The third kappa shape index (κ3) is 4.69. The van der Waals surface area contributed by atoms with E-state index in [1.807, 2.05) is 26.0 Å². The van der Waals surface area contributed by atoms with Crippen LogP contribution < -0.4 is 9.47 Å². The van der Waals surface area contributed by atoms with Crippen molar-refractivity contribution in [2.45, 2.75) is 31.5 Å². The van der Waals surface area contributed by atoms with Crippen LogP contribution in [-0.2, 0) is 20.3 Å². The van der Waals surface area contributed by atoms with Gasteiger partial charge in [0.2, 0.25) is 0 Å². The molecule has 0 aromatic heterocycles. The Labute approximate surface area is 128 Å². The zero-order chi connectivity index (χ0) is 15.1. The normalized spacial score (nSPS) is 15.2. The maximum atomic E-state index is 12.3. The van der Waals surface area contributed by atoms with Gasteiger partial charge in [0.15, 0.2) is 17.8 Å². The van der Waals surface area contributed by atoms with Crippen molar-refractivity contribution in [2.24, 2.45) is 0 Å². The van der Waals surface area contributed by atoms with Crippen LogP contribution in [0, 0.1) is 0 Å². The Morgan fingerprint density at radius 3 is 2.48 bits per heavy atom. The zero-order valence-corrected chi connectivity index (χ0v) is 13.3. The van der Waals surface area contributed by atoms with Gasteiger partial charge in [-0.25, -0.2) is 0 Å². The minimum atomic E-state index is -1.10. The molecule has 5 nitrogen and oxygen atoms in total. The van der Waals surface area contributed by atoms with Crippen molar-refractivity contribution in [3.8, 4) is 11.5 Å². The van der Waals surface area contributed by atoms with Gasteiger partial charge in [0.25, 0.3) is 0 Å². The highest BCUT2D eigenvalue weighted by atomic mass is 32.2. The van der Waals surface area contributed by atoms with Crippen LogP contribution in [0.5, 0.6) is 11.5 Å². The Hall–Kier alpha value is -1.11. The smallest absolute Gasteiger partial charge is 0.162 e. The van der Waals surface area contributed by atoms with Gasteiger partial charge < -0.3 is 18.9 Å². The van der Waals surface area contributed by atoms with Crippen LogP contribution in [0.3, 0.4) is 0 Å². The van der Waals surface area contributed by atoms with E-state index in [2.05, 4.69) is 0 Å². The average molecular weight is 314 g/mol. The fraction of sp³-hybridized carbons (Fsp3) is 0.600. The van der Waals surface area contributed by atoms with Gasteiger partial charge in [0, 0.05) is 36.3 Å². The molecule has 6 heteroatoms. The average Bonchev–Trinajstić information content (AvgIpc) is 2.52. The van der Waals surface area contributed by atoms with Gasteiger partial charge in [-0.3, -0.25) is 4.21 Å². The van der Waals surface area contributed by atoms with Crippen LogP contribution in [0.15, 0.2) is 23.1 Å². The summed E-state index contributed by atoms with van der Waals surface area (Å²) < 4.78 is 34.2. The molecule has 0 bridgehead atoms. The molecular formula is C15H22O5S. The second kappa shape index (κ2) is 8.36. The van der Waals surface area contributed by atoms with E-state index in [0.717, 1.165) is 4.90 Å². The topological polar surface area (TPSA) is 54.0 Å². The van der Waals surface area contributed by atoms with Gasteiger partial charge in [0.05, 0.1) is 10.8 Å². The Bertz CT molecular complexity index is 471. The van der Waals surface area contributed by atoms with Crippen LogP contribution in [0.4, 0.5) is 0 Å². The molecule has 1 aliphatic rings. The minimum Gasteiger partial charge on any atom is -0.486 e. The molecule has 1 aromatic rings. The predicted octanol–water partition coefficient (Wildman–Crippen LogP) is 2.35. The van der Waals surface area contributed by atoms with Crippen LogP contribution in [0.1, 0.15) is 20.3 Å². The number of rotatable bonds is 8. The Kier molecular flexibility index (Phi) is 6.48. The fourth-order valence-electron chi connectivity index (χ4n) is 2.07. The maximum Gasteiger partial charge on any atom is 0.162 e. The van der Waals surface area contributed by atoms with Crippen LogP contribution in [0.25, 0.3) is 0 Å². The summed E-state index contributed by atoms with van der Waals surface area (Å²) in [5, 5.41) is 0. The van der Waals surface area contributed by atoms with Gasteiger partial charge in [-0.1, -0.05) is 0 Å². The summed E-state index contributed by atoms with van der Waals surface area (Å²) in [5.74, 6) is 1.87. The second-order valence-electron chi connectivity index (χ2n) is 4.48. The predicted molar refractivity (Wildman–Crippen MR) is 80.4 cm³/mol. The number of hydrogen-bond donors (Lipinski definition) is 0. The molecular weight excluding hydrogens is 292 g/mol. The number of benzene rings is 1. The van der Waals surface area contributed by atoms with E-state index in [1.54, 1.807) is 6.07 Å². The second-order valence-corrected chi connectivity index (χ2v) is 6.05. The molecule has 0 spiro atoms. The van der Waals surface area contributed by atoms with Crippen molar-refractivity contribution in [1.82, 2.24) is 0 Å². The number of ether oxygens (including phenoxy) is 4. The first-order valence-corrected chi connectivity index (χ1v) is 8.57. The lowest BCUT2D eigenvalue weighted by Crippen LogP contribution is -2.20. The van der Waals surface area contributed by atoms with Crippen molar-refractivity contribution in [1.29, 1.82) is 0 Å². The number of fused-ring (bicyclic) bond motifs is 1. The zero-order valence-electron chi connectivity index (χ0n) is 12.5. The van der Waals surface area contributed by atoms with E-state index >= 15 is 0 Å². The standard InChI is InChI=1S/C15H22O5S/c1-3-17-15(18-4-2)7-10-21(16)12-5-6-13-14(11-12)20-9-8-19-13/h5-6,11,15H,3-4,7-10H2,1-2H3. The summed E-state index contributed by atoms with van der Waals surface area (Å²) in [5.41, 5.74) is 0. The van der Waals surface area contributed by atoms with Gasteiger partial charge in [-0.15, -0.1) is 0 Å². The van der Waals surface area contributed by atoms with Crippen molar-refractivity contribution >= 4 is 10.8 Å². The van der Waals surface area contributed by atoms with Crippen molar-refractivity contribution in [2.75, 3.05) is 32.2 Å². The van der Waals surface area contributed by atoms with Crippen molar-refractivity contribution in [3.63, 3.8) is 0 Å². The highest BCUT2D eigenvalue weighted by molar-refractivity contribution is 7.85. The number of hydrogen-bond acceptors (Lipinski definition) is 5. The highest BCUT2D eigenvalue weighted by Crippen LogP contribution is 2.31. The van der Waals surface area contributed by atoms with E-state index in [-0.39, 0.29) is 6.29 Å². The van der Waals surface area contributed by atoms with E-state index in [1.165, 1.54) is 0 Å². The quantitative estimate of drug-likeness (QED) is 0.690. The first-order valence-electron chi connectivity index (χ1n) is 7.25. The lowest BCUT2D eigenvalue weighted by Gasteiger charge is -2.19. The summed E-state index contributed by atoms with van der Waals surface area (Å²) in [6, 6.07) is 5.42. The molecule has 1 heterocycles. The van der Waals surface area contributed by atoms with E-state index < -0.39 is 10.8 Å². The monoisotopic (exact) mass is 314 g/mol. The van der Waals surface area contributed by atoms with Gasteiger partial charge in [-0.05, 0) is 26.0 Å². The lowest BCUT2D eigenvalue weighted by molar-refractivity contribution is -0.136. The molecule has 0 saturated carbocycles. The molecule has 118 valence electrons. The maximum absolute atomic E-state index is 12.3. The Morgan fingerprint density at radius 2 is 1.81 bits per heavy atom. The van der Waals surface area contributed by atoms with E-state index in [4.69, 9.17) is 18.9 Å². The van der Waals surface area contributed by atoms with E-state index in [9.17, 15) is 4.21 Å². The van der Waals surface area contributed by atoms with Gasteiger partial charge in [-0.2, -0.15) is 0 Å². The molecule has 0 fully saturated rings. The molecule has 2 rings (SSSR count). The van der Waals surface area contributed by atoms with Gasteiger partial charge >= 0.3 is 0 Å². The molecule has 21 heavy (non-hydrogen) atoms. The Balaban J connectivity index is 1.93.